The molecule has 0 aliphatic rings. The summed E-state index contributed by atoms with van der Waals surface area (Å²) >= 11 is 6.05. The third-order valence-corrected chi connectivity index (χ3v) is 5.68. The first-order chi connectivity index (χ1) is 12.6. The molecule has 0 aliphatic carbocycles. The lowest BCUT2D eigenvalue weighted by Gasteiger charge is -2.28. The molecular formula is C19H21ClFNO4S. The molecule has 0 saturated heterocycles. The zero-order valence-corrected chi connectivity index (χ0v) is 16.8. The van der Waals surface area contributed by atoms with Crippen LogP contribution in [-0.2, 0) is 21.5 Å². The van der Waals surface area contributed by atoms with Gasteiger partial charge in [-0.2, -0.15) is 8.42 Å². The Morgan fingerprint density at radius 2 is 1.85 bits per heavy atom. The third-order valence-electron chi connectivity index (χ3n) is 4.19. The van der Waals surface area contributed by atoms with Gasteiger partial charge in [-0.3, -0.25) is 4.79 Å². The molecule has 1 unspecified atom stereocenters. The highest BCUT2D eigenvalue weighted by Gasteiger charge is 2.22. The lowest BCUT2D eigenvalue weighted by Crippen LogP contribution is -2.36. The van der Waals surface area contributed by atoms with Crippen LogP contribution in [0.3, 0.4) is 0 Å². The standard InChI is InChI=1S/C19H21ClFNO4S/c1-4-13(2)22(14(3)23)12-15-11-16(20)5-10-19(15)26-27(24,25)18-8-6-17(21)7-9-18/h5-11,13H,4,12H2,1-3H3. The second-order valence-electron chi connectivity index (χ2n) is 6.15. The van der Waals surface area contributed by atoms with Crippen molar-refractivity contribution in [1.82, 2.24) is 4.90 Å². The van der Waals surface area contributed by atoms with E-state index in [4.69, 9.17) is 15.8 Å². The first-order valence-electron chi connectivity index (χ1n) is 8.39. The van der Waals surface area contributed by atoms with Crippen molar-refractivity contribution in [3.05, 3.63) is 58.9 Å². The summed E-state index contributed by atoms with van der Waals surface area (Å²) in [5, 5.41) is 0.393. The molecule has 0 aliphatic heterocycles. The van der Waals surface area contributed by atoms with E-state index in [2.05, 4.69) is 0 Å². The predicted molar refractivity (Wildman–Crippen MR) is 102 cm³/mol. The maximum Gasteiger partial charge on any atom is 0.339 e. The SMILES string of the molecule is CCC(C)N(Cc1cc(Cl)ccc1OS(=O)(=O)c1ccc(F)cc1)C(C)=O. The van der Waals surface area contributed by atoms with Crippen LogP contribution in [0.1, 0.15) is 32.8 Å². The van der Waals surface area contributed by atoms with E-state index >= 15 is 0 Å². The summed E-state index contributed by atoms with van der Waals surface area (Å²) in [6.07, 6.45) is 0.740. The molecule has 5 nitrogen and oxygen atoms in total. The number of nitrogens with zero attached hydrogens (tertiary/aromatic N) is 1. The fourth-order valence-electron chi connectivity index (χ4n) is 2.50. The molecular weight excluding hydrogens is 393 g/mol. The van der Waals surface area contributed by atoms with Crippen LogP contribution in [0.15, 0.2) is 47.4 Å². The van der Waals surface area contributed by atoms with Crippen LogP contribution >= 0.6 is 11.6 Å². The van der Waals surface area contributed by atoms with E-state index in [1.807, 2.05) is 13.8 Å². The number of hydrogen-bond acceptors (Lipinski definition) is 4. The predicted octanol–water partition coefficient (Wildman–Crippen LogP) is 4.39. The van der Waals surface area contributed by atoms with E-state index < -0.39 is 15.9 Å². The quantitative estimate of drug-likeness (QED) is 0.631. The van der Waals surface area contributed by atoms with Crippen molar-refractivity contribution < 1.29 is 21.8 Å². The Morgan fingerprint density at radius 1 is 1.22 bits per heavy atom. The Morgan fingerprint density at radius 3 is 2.41 bits per heavy atom. The van der Waals surface area contributed by atoms with Gasteiger partial charge in [0, 0.05) is 30.1 Å². The summed E-state index contributed by atoms with van der Waals surface area (Å²) in [6, 6.07) is 8.80. The van der Waals surface area contributed by atoms with Gasteiger partial charge >= 0.3 is 10.1 Å². The average Bonchev–Trinajstić information content (AvgIpc) is 2.61. The van der Waals surface area contributed by atoms with Gasteiger partial charge in [0.25, 0.3) is 0 Å². The maximum absolute atomic E-state index is 13.1. The molecule has 0 bridgehead atoms. The van der Waals surface area contributed by atoms with Gasteiger partial charge in [0.1, 0.15) is 16.5 Å². The Kier molecular flexibility index (Phi) is 6.84. The first kappa shape index (κ1) is 21.2. The number of halogens is 2. The number of rotatable bonds is 7. The summed E-state index contributed by atoms with van der Waals surface area (Å²) in [4.78, 5) is 13.4. The molecule has 0 saturated carbocycles. The van der Waals surface area contributed by atoms with Crippen LogP contribution in [0.2, 0.25) is 5.02 Å². The minimum Gasteiger partial charge on any atom is -0.379 e. The summed E-state index contributed by atoms with van der Waals surface area (Å²) in [7, 11) is -4.16. The molecule has 8 heteroatoms. The van der Waals surface area contributed by atoms with Crippen LogP contribution in [-0.4, -0.2) is 25.3 Å². The van der Waals surface area contributed by atoms with Crippen LogP contribution in [0, 0.1) is 5.82 Å². The molecule has 2 aromatic rings. The molecule has 0 fully saturated rings. The van der Waals surface area contributed by atoms with Crippen LogP contribution < -0.4 is 4.18 Å². The normalized spacial score (nSPS) is 12.5. The molecule has 2 rings (SSSR count). The topological polar surface area (TPSA) is 63.7 Å². The van der Waals surface area contributed by atoms with Gasteiger partial charge in [0.15, 0.2) is 0 Å². The number of hydrogen-bond donors (Lipinski definition) is 0. The molecule has 0 aromatic heterocycles. The molecule has 2 aromatic carbocycles. The lowest BCUT2D eigenvalue weighted by atomic mass is 10.1. The molecule has 146 valence electrons. The summed E-state index contributed by atoms with van der Waals surface area (Å²) < 4.78 is 43.3. The van der Waals surface area contributed by atoms with Crippen molar-refractivity contribution in [2.45, 2.75) is 44.7 Å². The number of carbonyl (C=O) groups is 1. The Labute approximate surface area is 163 Å². The molecule has 1 amide bonds. The van der Waals surface area contributed by atoms with Crippen LogP contribution in [0.25, 0.3) is 0 Å². The van der Waals surface area contributed by atoms with Crippen molar-refractivity contribution in [3.8, 4) is 5.75 Å². The summed E-state index contributed by atoms with van der Waals surface area (Å²) in [6.45, 7) is 5.46. The third kappa shape index (κ3) is 5.43. The molecule has 0 spiro atoms. The van der Waals surface area contributed by atoms with Gasteiger partial charge < -0.3 is 9.08 Å². The molecule has 27 heavy (non-hydrogen) atoms. The van der Waals surface area contributed by atoms with Gasteiger partial charge in [-0.25, -0.2) is 4.39 Å². The van der Waals surface area contributed by atoms with Gasteiger partial charge in [0.05, 0.1) is 0 Å². The molecule has 0 N–H and O–H groups in total. The fraction of sp³-hybridized carbons (Fsp3) is 0.316. The van der Waals surface area contributed by atoms with E-state index in [0.717, 1.165) is 30.7 Å². The van der Waals surface area contributed by atoms with Gasteiger partial charge in [-0.15, -0.1) is 0 Å². The number of amides is 1. The molecule has 0 heterocycles. The average molecular weight is 414 g/mol. The van der Waals surface area contributed by atoms with Gasteiger partial charge in [0.2, 0.25) is 5.91 Å². The van der Waals surface area contributed by atoms with Crippen molar-refractivity contribution >= 4 is 27.6 Å². The van der Waals surface area contributed by atoms with E-state index in [1.54, 1.807) is 11.0 Å². The van der Waals surface area contributed by atoms with E-state index in [0.29, 0.717) is 10.6 Å². The minimum atomic E-state index is -4.16. The Bertz CT molecular complexity index is 916. The lowest BCUT2D eigenvalue weighted by molar-refractivity contribution is -0.131. The molecule has 1 atom stereocenters. The monoisotopic (exact) mass is 413 g/mol. The summed E-state index contributed by atoms with van der Waals surface area (Å²) in [5.74, 6) is -0.623. The molecule has 0 radical (unpaired) electrons. The minimum absolute atomic E-state index is 0.0389. The van der Waals surface area contributed by atoms with Crippen molar-refractivity contribution in [2.24, 2.45) is 0 Å². The zero-order valence-electron chi connectivity index (χ0n) is 15.3. The van der Waals surface area contributed by atoms with Crippen molar-refractivity contribution in [3.63, 3.8) is 0 Å². The van der Waals surface area contributed by atoms with E-state index in [1.165, 1.54) is 19.1 Å². The highest BCUT2D eigenvalue weighted by Crippen LogP contribution is 2.28. The highest BCUT2D eigenvalue weighted by atomic mass is 35.5. The van der Waals surface area contributed by atoms with E-state index in [9.17, 15) is 17.6 Å². The Hall–Kier alpha value is -2.12. The zero-order chi connectivity index (χ0) is 20.2. The first-order valence-corrected chi connectivity index (χ1v) is 10.2. The highest BCUT2D eigenvalue weighted by molar-refractivity contribution is 7.87. The van der Waals surface area contributed by atoms with Gasteiger partial charge in [-0.1, -0.05) is 18.5 Å². The second-order valence-corrected chi connectivity index (χ2v) is 8.13. The fourth-order valence-corrected chi connectivity index (χ4v) is 3.66. The Balaban J connectivity index is 2.37. The van der Waals surface area contributed by atoms with Crippen LogP contribution in [0.4, 0.5) is 4.39 Å². The second kappa shape index (κ2) is 8.71. The maximum atomic E-state index is 13.1. The van der Waals surface area contributed by atoms with Crippen molar-refractivity contribution in [2.75, 3.05) is 0 Å². The van der Waals surface area contributed by atoms with Crippen LogP contribution in [0.5, 0.6) is 5.75 Å². The smallest absolute Gasteiger partial charge is 0.339 e. The summed E-state index contributed by atoms with van der Waals surface area (Å²) in [5.41, 5.74) is 0.462. The number of carbonyl (C=O) groups excluding carboxylic acids is 1. The van der Waals surface area contributed by atoms with E-state index in [-0.39, 0.29) is 29.1 Å². The van der Waals surface area contributed by atoms with Crippen molar-refractivity contribution in [1.29, 1.82) is 0 Å². The largest absolute Gasteiger partial charge is 0.379 e. The van der Waals surface area contributed by atoms with Gasteiger partial charge in [-0.05, 0) is 55.8 Å². The number of benzene rings is 2.